The van der Waals surface area contributed by atoms with Crippen LogP contribution in [-0.2, 0) is 19.1 Å². The van der Waals surface area contributed by atoms with E-state index in [4.69, 9.17) is 18.9 Å². The maximum absolute atomic E-state index is 12.9. The molecule has 0 aliphatic carbocycles. The van der Waals surface area contributed by atoms with E-state index in [1.54, 1.807) is 24.3 Å². The first-order valence-corrected chi connectivity index (χ1v) is 12.0. The SMILES string of the molecule is CCC(C)CC(C)COC(=O)C1Oc2ccccc2OC1C(=O)OCC(C)CC(C)CC. The molecule has 6 heteroatoms. The molecule has 1 aliphatic heterocycles. The molecule has 0 amide bonds. The molecule has 0 radical (unpaired) electrons. The summed E-state index contributed by atoms with van der Waals surface area (Å²) < 4.78 is 22.8. The lowest BCUT2D eigenvalue weighted by Crippen LogP contribution is -2.51. The van der Waals surface area contributed by atoms with Crippen molar-refractivity contribution in [2.45, 2.75) is 79.4 Å². The molecule has 1 aromatic carbocycles. The Morgan fingerprint density at radius 2 is 1.12 bits per heavy atom. The van der Waals surface area contributed by atoms with E-state index >= 15 is 0 Å². The number of carbonyl (C=O) groups is 2. The molecule has 1 aromatic rings. The van der Waals surface area contributed by atoms with E-state index < -0.39 is 24.1 Å². The molecule has 0 saturated carbocycles. The van der Waals surface area contributed by atoms with Gasteiger partial charge in [0.2, 0.25) is 12.2 Å². The van der Waals surface area contributed by atoms with E-state index in [-0.39, 0.29) is 25.0 Å². The van der Waals surface area contributed by atoms with E-state index in [1.807, 2.05) is 0 Å². The molecule has 6 atom stereocenters. The van der Waals surface area contributed by atoms with Gasteiger partial charge in [-0.3, -0.25) is 0 Å². The Kier molecular flexibility index (Phi) is 10.3. The summed E-state index contributed by atoms with van der Waals surface area (Å²) in [5.74, 6) is 1.17. The first kappa shape index (κ1) is 26.0. The highest BCUT2D eigenvalue weighted by molar-refractivity contribution is 5.87. The van der Waals surface area contributed by atoms with Crippen molar-refractivity contribution >= 4 is 11.9 Å². The first-order valence-electron chi connectivity index (χ1n) is 12.0. The standard InChI is InChI=1S/C26H40O6/c1-7-17(3)13-19(5)15-29-25(27)23-24(32-22-12-10-9-11-21(22)31-23)26(28)30-16-20(6)14-18(4)8-2/h9-12,17-20,23-24H,7-8,13-16H2,1-6H3. The fourth-order valence-electron chi connectivity index (χ4n) is 3.84. The van der Waals surface area contributed by atoms with E-state index in [2.05, 4.69) is 41.5 Å². The number of rotatable bonds is 12. The van der Waals surface area contributed by atoms with Crippen LogP contribution in [-0.4, -0.2) is 37.4 Å². The molecule has 0 fully saturated rings. The predicted octanol–water partition coefficient (Wildman–Crippen LogP) is 5.43. The summed E-state index contributed by atoms with van der Waals surface area (Å²) in [4.78, 5) is 25.7. The summed E-state index contributed by atoms with van der Waals surface area (Å²) in [6.45, 7) is 13.3. The number of fused-ring (bicyclic) bond motifs is 1. The molecule has 0 aromatic heterocycles. The zero-order chi connectivity index (χ0) is 23.7. The van der Waals surface area contributed by atoms with Crippen molar-refractivity contribution in [1.29, 1.82) is 0 Å². The molecule has 6 nitrogen and oxygen atoms in total. The highest BCUT2D eigenvalue weighted by Crippen LogP contribution is 2.34. The average Bonchev–Trinajstić information content (AvgIpc) is 2.79. The van der Waals surface area contributed by atoms with Crippen molar-refractivity contribution in [3.8, 4) is 11.5 Å². The number of benzene rings is 1. The normalized spacial score (nSPS) is 21.2. The summed E-state index contributed by atoms with van der Waals surface area (Å²) in [5.41, 5.74) is 0. The highest BCUT2D eigenvalue weighted by Gasteiger charge is 2.44. The Balaban J connectivity index is 2.03. The van der Waals surface area contributed by atoms with Crippen LogP contribution >= 0.6 is 0 Å². The summed E-state index contributed by atoms with van der Waals surface area (Å²) >= 11 is 0. The van der Waals surface area contributed by atoms with Gasteiger partial charge < -0.3 is 18.9 Å². The summed E-state index contributed by atoms with van der Waals surface area (Å²) in [7, 11) is 0. The number of ether oxygens (including phenoxy) is 4. The second-order valence-electron chi connectivity index (χ2n) is 9.49. The van der Waals surface area contributed by atoms with Crippen molar-refractivity contribution in [3.05, 3.63) is 24.3 Å². The predicted molar refractivity (Wildman–Crippen MR) is 124 cm³/mol. The van der Waals surface area contributed by atoms with Crippen LogP contribution in [0.15, 0.2) is 24.3 Å². The van der Waals surface area contributed by atoms with Crippen LogP contribution in [0.3, 0.4) is 0 Å². The highest BCUT2D eigenvalue weighted by atomic mass is 16.6. The smallest absolute Gasteiger partial charge is 0.351 e. The van der Waals surface area contributed by atoms with Gasteiger partial charge in [0.15, 0.2) is 11.5 Å². The topological polar surface area (TPSA) is 71.1 Å². The van der Waals surface area contributed by atoms with Gasteiger partial charge in [-0.05, 0) is 48.6 Å². The molecule has 32 heavy (non-hydrogen) atoms. The maximum atomic E-state index is 12.9. The molecule has 0 saturated heterocycles. The van der Waals surface area contributed by atoms with E-state index in [1.165, 1.54) is 0 Å². The lowest BCUT2D eigenvalue weighted by Gasteiger charge is -2.31. The second-order valence-corrected chi connectivity index (χ2v) is 9.49. The Bertz CT molecular complexity index is 672. The van der Waals surface area contributed by atoms with Gasteiger partial charge in [0.25, 0.3) is 0 Å². The number of carbonyl (C=O) groups excluding carboxylic acids is 2. The van der Waals surface area contributed by atoms with Crippen LogP contribution in [0.1, 0.15) is 67.2 Å². The fraction of sp³-hybridized carbons (Fsp3) is 0.692. The van der Waals surface area contributed by atoms with Gasteiger partial charge in [0.05, 0.1) is 13.2 Å². The molecule has 0 N–H and O–H groups in total. The van der Waals surface area contributed by atoms with Crippen molar-refractivity contribution in [2.75, 3.05) is 13.2 Å². The molecule has 0 spiro atoms. The van der Waals surface area contributed by atoms with E-state index in [0.29, 0.717) is 23.3 Å². The Labute approximate surface area is 193 Å². The Hall–Kier alpha value is -2.24. The van der Waals surface area contributed by atoms with Crippen LogP contribution in [0.5, 0.6) is 11.5 Å². The fourth-order valence-corrected chi connectivity index (χ4v) is 3.84. The van der Waals surface area contributed by atoms with Gasteiger partial charge in [-0.2, -0.15) is 0 Å². The quantitative estimate of drug-likeness (QED) is 0.397. The largest absolute Gasteiger partial charge is 0.470 e. The molecular weight excluding hydrogens is 408 g/mol. The molecule has 1 heterocycles. The van der Waals surface area contributed by atoms with Gasteiger partial charge in [-0.25, -0.2) is 9.59 Å². The van der Waals surface area contributed by atoms with Crippen molar-refractivity contribution in [1.82, 2.24) is 0 Å². The summed E-state index contributed by atoms with van der Waals surface area (Å²) in [6.07, 6.45) is 1.70. The van der Waals surface area contributed by atoms with Crippen molar-refractivity contribution < 1.29 is 28.5 Å². The second kappa shape index (κ2) is 12.7. The Morgan fingerprint density at radius 1 is 0.750 bits per heavy atom. The number of esters is 2. The zero-order valence-electron chi connectivity index (χ0n) is 20.5. The molecule has 180 valence electrons. The minimum absolute atomic E-state index is 0.220. The zero-order valence-corrected chi connectivity index (χ0v) is 20.5. The monoisotopic (exact) mass is 448 g/mol. The van der Waals surface area contributed by atoms with E-state index in [9.17, 15) is 9.59 Å². The lowest BCUT2D eigenvalue weighted by atomic mass is 9.96. The molecule has 2 rings (SSSR count). The van der Waals surface area contributed by atoms with Crippen molar-refractivity contribution in [2.24, 2.45) is 23.7 Å². The molecule has 1 aliphatic rings. The van der Waals surface area contributed by atoms with Crippen molar-refractivity contribution in [3.63, 3.8) is 0 Å². The summed E-state index contributed by atoms with van der Waals surface area (Å²) in [6, 6.07) is 6.98. The number of para-hydroxylation sites is 2. The van der Waals surface area contributed by atoms with Crippen LogP contribution < -0.4 is 9.47 Å². The van der Waals surface area contributed by atoms with Crippen LogP contribution in [0.4, 0.5) is 0 Å². The number of hydrogen-bond donors (Lipinski definition) is 0. The van der Waals surface area contributed by atoms with Gasteiger partial charge in [0, 0.05) is 0 Å². The summed E-state index contributed by atoms with van der Waals surface area (Å²) in [5, 5.41) is 0. The van der Waals surface area contributed by atoms with Gasteiger partial charge in [-0.15, -0.1) is 0 Å². The van der Waals surface area contributed by atoms with Crippen LogP contribution in [0.2, 0.25) is 0 Å². The third-order valence-electron chi connectivity index (χ3n) is 6.12. The number of hydrogen-bond acceptors (Lipinski definition) is 6. The van der Waals surface area contributed by atoms with Gasteiger partial charge in [0.1, 0.15) is 0 Å². The Morgan fingerprint density at radius 3 is 1.47 bits per heavy atom. The van der Waals surface area contributed by atoms with E-state index in [0.717, 1.165) is 25.7 Å². The third-order valence-corrected chi connectivity index (χ3v) is 6.12. The average molecular weight is 449 g/mol. The van der Waals surface area contributed by atoms with Crippen LogP contribution in [0, 0.1) is 23.7 Å². The molecular formula is C26H40O6. The van der Waals surface area contributed by atoms with Crippen LogP contribution in [0.25, 0.3) is 0 Å². The minimum Gasteiger partial charge on any atom is -0.470 e. The molecule has 6 unspecified atom stereocenters. The first-order chi connectivity index (χ1) is 15.2. The lowest BCUT2D eigenvalue weighted by molar-refractivity contribution is -0.173. The maximum Gasteiger partial charge on any atom is 0.351 e. The van der Waals surface area contributed by atoms with Gasteiger partial charge >= 0.3 is 11.9 Å². The van der Waals surface area contributed by atoms with Gasteiger partial charge in [-0.1, -0.05) is 66.5 Å². The molecule has 0 bridgehead atoms. The third kappa shape index (κ3) is 7.72. The minimum atomic E-state index is -1.20.